The molecule has 2 aromatic carbocycles. The summed E-state index contributed by atoms with van der Waals surface area (Å²) >= 11 is 0. The maximum absolute atomic E-state index is 12.7. The van der Waals surface area contributed by atoms with Gasteiger partial charge in [-0.25, -0.2) is 0 Å². The zero-order valence-electron chi connectivity index (χ0n) is 19.0. The molecule has 2 amide bonds. The van der Waals surface area contributed by atoms with Crippen LogP contribution in [-0.2, 0) is 4.79 Å². The maximum Gasteiger partial charge on any atom is 0.255 e. The van der Waals surface area contributed by atoms with Crippen molar-refractivity contribution in [1.29, 1.82) is 0 Å². The summed E-state index contributed by atoms with van der Waals surface area (Å²) in [5.74, 6) is 0.0890. The molecule has 0 atom stereocenters. The first-order valence-corrected chi connectivity index (χ1v) is 11.3. The van der Waals surface area contributed by atoms with Crippen LogP contribution in [0.2, 0.25) is 0 Å². The van der Waals surface area contributed by atoms with Gasteiger partial charge in [0.2, 0.25) is 5.91 Å². The van der Waals surface area contributed by atoms with E-state index < -0.39 is 5.41 Å². The number of hydrogen-bond acceptors (Lipinski definition) is 3. The van der Waals surface area contributed by atoms with Crippen LogP contribution in [-0.4, -0.2) is 16.8 Å². The van der Waals surface area contributed by atoms with E-state index in [0.29, 0.717) is 11.5 Å². The van der Waals surface area contributed by atoms with Crippen LogP contribution in [0.5, 0.6) is 0 Å². The summed E-state index contributed by atoms with van der Waals surface area (Å²) in [6.07, 6.45) is 5.25. The molecule has 0 saturated heterocycles. The second-order valence-electron chi connectivity index (χ2n) is 9.96. The van der Waals surface area contributed by atoms with E-state index in [2.05, 4.69) is 43.2 Å². The molecule has 4 rings (SSSR count). The van der Waals surface area contributed by atoms with Gasteiger partial charge in [0.05, 0.1) is 10.9 Å². The van der Waals surface area contributed by atoms with Gasteiger partial charge in [-0.3, -0.25) is 14.6 Å². The number of amides is 2. The second-order valence-corrected chi connectivity index (χ2v) is 9.96. The fourth-order valence-electron chi connectivity index (χ4n) is 5.07. The van der Waals surface area contributed by atoms with Crippen LogP contribution in [0.4, 0.5) is 5.69 Å². The third kappa shape index (κ3) is 4.12. The number of pyridine rings is 1. The van der Waals surface area contributed by atoms with Gasteiger partial charge in [0.1, 0.15) is 0 Å². The van der Waals surface area contributed by atoms with Crippen LogP contribution in [0.3, 0.4) is 0 Å². The summed E-state index contributed by atoms with van der Waals surface area (Å²) in [5, 5.41) is 3.92. The minimum absolute atomic E-state index is 0.141. The average molecular weight is 430 g/mol. The third-order valence-electron chi connectivity index (χ3n) is 7.25. The number of hydrogen-bond donors (Lipinski definition) is 2. The lowest BCUT2D eigenvalue weighted by atomic mass is 9.57. The fraction of sp³-hybridized carbons (Fsp3) is 0.370. The number of anilines is 1. The molecule has 0 aliphatic heterocycles. The number of fused-ring (bicyclic) bond motifs is 1. The van der Waals surface area contributed by atoms with Gasteiger partial charge >= 0.3 is 0 Å². The number of carbonyl (C=O) groups is 2. The molecule has 1 heterocycles. The molecule has 0 spiro atoms. The van der Waals surface area contributed by atoms with Crippen LogP contribution < -0.4 is 11.1 Å². The lowest BCUT2D eigenvalue weighted by molar-refractivity contribution is -0.137. The summed E-state index contributed by atoms with van der Waals surface area (Å²) in [7, 11) is 0. The zero-order chi connectivity index (χ0) is 22.9. The van der Waals surface area contributed by atoms with Crippen LogP contribution in [0.25, 0.3) is 10.9 Å². The van der Waals surface area contributed by atoms with E-state index in [0.717, 1.165) is 42.3 Å². The molecule has 3 aromatic rings. The van der Waals surface area contributed by atoms with E-state index >= 15 is 0 Å². The molecule has 1 aliphatic rings. The van der Waals surface area contributed by atoms with Gasteiger partial charge < -0.3 is 11.1 Å². The summed E-state index contributed by atoms with van der Waals surface area (Å²) in [6.45, 7) is 6.34. The van der Waals surface area contributed by atoms with Gasteiger partial charge in [-0.2, -0.15) is 0 Å². The minimum Gasteiger partial charge on any atom is -0.369 e. The summed E-state index contributed by atoms with van der Waals surface area (Å²) in [5.41, 5.74) is 8.73. The van der Waals surface area contributed by atoms with E-state index in [1.165, 1.54) is 5.56 Å². The van der Waals surface area contributed by atoms with E-state index in [1.807, 2.05) is 36.4 Å². The smallest absolute Gasteiger partial charge is 0.255 e. The Bertz CT molecular complexity index is 1140. The Morgan fingerprint density at radius 3 is 2.34 bits per heavy atom. The highest BCUT2D eigenvalue weighted by atomic mass is 16.2. The van der Waals surface area contributed by atoms with Crippen molar-refractivity contribution in [3.05, 3.63) is 71.9 Å². The highest BCUT2D eigenvalue weighted by Gasteiger charge is 2.49. The molecular weight excluding hydrogens is 398 g/mol. The van der Waals surface area contributed by atoms with Crippen molar-refractivity contribution in [1.82, 2.24) is 4.98 Å². The number of nitrogens with one attached hydrogen (secondary N) is 1. The summed E-state index contributed by atoms with van der Waals surface area (Å²) in [6, 6.07) is 17.4. The Morgan fingerprint density at radius 2 is 1.72 bits per heavy atom. The van der Waals surface area contributed by atoms with E-state index in [4.69, 9.17) is 5.73 Å². The molecule has 0 unspecified atom stereocenters. The van der Waals surface area contributed by atoms with Crippen LogP contribution in [0.1, 0.15) is 68.3 Å². The highest BCUT2D eigenvalue weighted by molar-refractivity contribution is 6.06. The molecule has 5 heteroatoms. The van der Waals surface area contributed by atoms with Crippen molar-refractivity contribution in [2.24, 2.45) is 16.6 Å². The highest BCUT2D eigenvalue weighted by Crippen LogP contribution is 2.52. The van der Waals surface area contributed by atoms with Crippen LogP contribution in [0.15, 0.2) is 60.8 Å². The van der Waals surface area contributed by atoms with Crippen molar-refractivity contribution in [3.63, 3.8) is 0 Å². The lowest BCUT2D eigenvalue weighted by Gasteiger charge is -2.47. The Balaban J connectivity index is 1.42. The fourth-order valence-corrected chi connectivity index (χ4v) is 5.07. The SMILES string of the molecule is CC(C)(C)C1(C(N)=O)CCC(c2ccc(NC(=O)c3ccc4ncccc4c3)cc2)CC1. The van der Waals surface area contributed by atoms with Crippen molar-refractivity contribution < 1.29 is 9.59 Å². The Hall–Kier alpha value is -3.21. The van der Waals surface area contributed by atoms with Gasteiger partial charge in [-0.15, -0.1) is 0 Å². The van der Waals surface area contributed by atoms with Crippen LogP contribution in [0, 0.1) is 10.8 Å². The van der Waals surface area contributed by atoms with Crippen molar-refractivity contribution in [2.75, 3.05) is 5.32 Å². The molecule has 5 nitrogen and oxygen atoms in total. The molecule has 1 aliphatic carbocycles. The quantitative estimate of drug-likeness (QED) is 0.561. The Kier molecular flexibility index (Phi) is 5.76. The number of primary amides is 1. The van der Waals surface area contributed by atoms with Gasteiger partial charge in [-0.05, 0) is 79.0 Å². The molecule has 1 fully saturated rings. The minimum atomic E-state index is -0.438. The molecular formula is C27H31N3O2. The van der Waals surface area contributed by atoms with Gasteiger partial charge in [-0.1, -0.05) is 39.0 Å². The summed E-state index contributed by atoms with van der Waals surface area (Å²) in [4.78, 5) is 29.3. The predicted molar refractivity (Wildman–Crippen MR) is 128 cm³/mol. The zero-order valence-corrected chi connectivity index (χ0v) is 19.0. The summed E-state index contributed by atoms with van der Waals surface area (Å²) < 4.78 is 0. The van der Waals surface area contributed by atoms with E-state index in [-0.39, 0.29) is 17.2 Å². The first-order chi connectivity index (χ1) is 15.2. The number of carbonyl (C=O) groups excluding carboxylic acids is 2. The first-order valence-electron chi connectivity index (χ1n) is 11.3. The van der Waals surface area contributed by atoms with Crippen LogP contribution >= 0.6 is 0 Å². The number of aromatic nitrogens is 1. The Morgan fingerprint density at radius 1 is 1.03 bits per heavy atom. The third-order valence-corrected chi connectivity index (χ3v) is 7.25. The molecule has 32 heavy (non-hydrogen) atoms. The Labute approximate surface area is 189 Å². The molecule has 1 saturated carbocycles. The van der Waals surface area contributed by atoms with Gasteiger partial charge in [0.15, 0.2) is 0 Å². The first kappa shape index (κ1) is 22.0. The van der Waals surface area contributed by atoms with E-state index in [9.17, 15) is 9.59 Å². The van der Waals surface area contributed by atoms with Crippen molar-refractivity contribution in [2.45, 2.75) is 52.4 Å². The second kappa shape index (κ2) is 8.38. The number of benzene rings is 2. The largest absolute Gasteiger partial charge is 0.369 e. The molecule has 0 bridgehead atoms. The number of rotatable bonds is 4. The number of nitrogens with two attached hydrogens (primary N) is 1. The molecule has 0 radical (unpaired) electrons. The normalized spacial score (nSPS) is 21.3. The molecule has 3 N–H and O–H groups in total. The van der Waals surface area contributed by atoms with Crippen molar-refractivity contribution >= 4 is 28.4 Å². The standard InChI is InChI=1S/C27H31N3O2/c1-26(2,3)27(25(28)32)14-12-19(13-15-27)18-6-9-22(10-7-18)30-24(31)21-8-11-23-20(17-21)5-4-16-29-23/h4-11,16-17,19H,12-15H2,1-3H3,(H2,28,32)(H,30,31). The predicted octanol–water partition coefficient (Wildman–Crippen LogP) is 5.66. The van der Waals surface area contributed by atoms with Crippen molar-refractivity contribution in [3.8, 4) is 0 Å². The topological polar surface area (TPSA) is 85.1 Å². The lowest BCUT2D eigenvalue weighted by Crippen LogP contribution is -2.48. The van der Waals surface area contributed by atoms with Gasteiger partial charge in [0, 0.05) is 22.8 Å². The molecule has 166 valence electrons. The monoisotopic (exact) mass is 429 g/mol. The average Bonchev–Trinajstić information content (AvgIpc) is 2.78. The van der Waals surface area contributed by atoms with E-state index in [1.54, 1.807) is 12.3 Å². The van der Waals surface area contributed by atoms with Gasteiger partial charge in [0.25, 0.3) is 5.91 Å². The maximum atomic E-state index is 12.7. The number of nitrogens with zero attached hydrogens (tertiary/aromatic N) is 1. The molecule has 1 aromatic heterocycles.